The van der Waals surface area contributed by atoms with Crippen molar-refractivity contribution >= 4 is 24.6 Å². The molecule has 0 saturated carbocycles. The number of carboxylic acid groups (broad SMARTS) is 1. The molecule has 0 spiro atoms. The van der Waals surface area contributed by atoms with E-state index in [9.17, 15) is 24.3 Å². The Balaban J connectivity index is 0. The van der Waals surface area contributed by atoms with Crippen molar-refractivity contribution in [3.05, 3.63) is 36.0 Å². The van der Waals surface area contributed by atoms with E-state index in [-0.39, 0.29) is 63.0 Å². The van der Waals surface area contributed by atoms with Gasteiger partial charge >= 0.3 is 56.6 Å². The van der Waals surface area contributed by atoms with Crippen molar-refractivity contribution in [3.63, 3.8) is 0 Å². The molecule has 0 aliphatic heterocycles. The molecule has 1 aromatic heterocycles. The van der Waals surface area contributed by atoms with Crippen LogP contribution in [0, 0.1) is 0 Å². The molecule has 7 nitrogen and oxygen atoms in total. The molecule has 0 aliphatic carbocycles. The minimum Gasteiger partial charge on any atom is -0.799 e. The van der Waals surface area contributed by atoms with E-state index >= 15 is 0 Å². The number of para-hydroxylation sites is 1. The van der Waals surface area contributed by atoms with Crippen molar-refractivity contribution in [1.29, 1.82) is 0 Å². The van der Waals surface area contributed by atoms with Crippen molar-refractivity contribution in [3.8, 4) is 0 Å². The van der Waals surface area contributed by atoms with E-state index in [0.29, 0.717) is 5.56 Å². The molecule has 2 aromatic rings. The Hall–Kier alpha value is 0.132. The van der Waals surface area contributed by atoms with Gasteiger partial charge in [0.05, 0.1) is 12.0 Å². The summed E-state index contributed by atoms with van der Waals surface area (Å²) in [7, 11) is -5.14. The van der Waals surface area contributed by atoms with E-state index in [2.05, 4.69) is 4.98 Å². The smallest absolute Gasteiger partial charge is 0.799 e. The molecule has 102 valence electrons. The maximum atomic E-state index is 10.9. The Morgan fingerprint density at radius 2 is 1.82 bits per heavy atom. The van der Waals surface area contributed by atoms with Gasteiger partial charge in [-0.05, 0) is 25.8 Å². The van der Waals surface area contributed by atoms with Crippen LogP contribution >= 0.6 is 7.75 Å². The molecule has 0 bridgehead atoms. The van der Waals surface area contributed by atoms with Gasteiger partial charge in [0, 0.05) is 17.1 Å². The predicted molar refractivity (Wildman–Crippen MR) is 61.5 cm³/mol. The molecule has 0 amide bonds. The van der Waals surface area contributed by atoms with Gasteiger partial charge in [0.25, 0.3) is 0 Å². The average molecular weight is 302 g/mol. The van der Waals surface area contributed by atoms with Crippen molar-refractivity contribution in [2.45, 2.75) is 12.5 Å². The molecular weight excluding hydrogens is 292 g/mol. The molecule has 11 heteroatoms. The molecule has 1 aromatic carbocycles. The summed E-state index contributed by atoms with van der Waals surface area (Å²) in [6.45, 7) is 0. The van der Waals surface area contributed by atoms with Crippen molar-refractivity contribution in [1.82, 2.24) is 10.1 Å². The van der Waals surface area contributed by atoms with Crippen LogP contribution in [0.3, 0.4) is 0 Å². The summed E-state index contributed by atoms with van der Waals surface area (Å²) in [5.74, 6) is -1.64. The maximum Gasteiger partial charge on any atom is 1.00 e. The van der Waals surface area contributed by atoms with E-state index in [4.69, 9.17) is 0 Å². The van der Waals surface area contributed by atoms with Gasteiger partial charge < -0.3 is 29.2 Å². The normalized spacial score (nSPS) is 11.7. The van der Waals surface area contributed by atoms with E-state index in [0.717, 1.165) is 10.9 Å². The first-order valence-corrected chi connectivity index (χ1v) is 6.97. The summed E-state index contributed by atoms with van der Waals surface area (Å²) in [5.41, 5.74) is 1.38. The summed E-state index contributed by atoms with van der Waals surface area (Å²) in [6, 6.07) is 5.56. The van der Waals surface area contributed by atoms with Crippen LogP contribution in [-0.4, -0.2) is 17.0 Å². The van der Waals surface area contributed by atoms with Crippen LogP contribution in [-0.2, 0) is 15.8 Å². The minimum atomic E-state index is -5.14. The Kier molecular flexibility index (Phi) is 11.2. The van der Waals surface area contributed by atoms with E-state index in [1.807, 2.05) is 0 Å². The number of fused-ring (bicyclic) bond motifs is 1. The van der Waals surface area contributed by atoms with E-state index in [1.54, 1.807) is 30.5 Å². The number of carbonyl (C=O) groups excluding carboxylic acids is 1. The molecule has 1 atom stereocenters. The summed E-state index contributed by atoms with van der Waals surface area (Å²) in [6.07, 6.45) is 1.41. The Morgan fingerprint density at radius 3 is 2.36 bits per heavy atom. The third kappa shape index (κ3) is 6.71. The molecule has 0 saturated heterocycles. The first-order valence-electron chi connectivity index (χ1n) is 5.42. The van der Waals surface area contributed by atoms with E-state index in [1.165, 1.54) is 5.09 Å². The topological polar surface area (TPSA) is 131 Å². The molecule has 1 heterocycles. The number of hydrogen-bond acceptors (Lipinski definition) is 5. The molecule has 22 heavy (non-hydrogen) atoms. The van der Waals surface area contributed by atoms with Crippen LogP contribution in [0.25, 0.3) is 10.9 Å². The summed E-state index contributed by atoms with van der Waals surface area (Å²) < 4.78 is 10.6. The third-order valence-electron chi connectivity index (χ3n) is 2.70. The fraction of sp³-hybridized carbons (Fsp3) is 0.182. The number of aromatic amines is 1. The number of aliphatic carboxylic acids is 1. The number of H-pyrrole nitrogens is 1. The quantitative estimate of drug-likeness (QED) is 0.416. The predicted octanol–water partition coefficient (Wildman–Crippen LogP) is -10.7. The second-order valence-electron chi connectivity index (χ2n) is 4.06. The van der Waals surface area contributed by atoms with Crippen molar-refractivity contribution < 1.29 is 80.8 Å². The summed E-state index contributed by atoms with van der Waals surface area (Å²) >= 11 is 0. The Labute approximate surface area is 163 Å². The maximum absolute atomic E-state index is 10.9. The van der Waals surface area contributed by atoms with Crippen LogP contribution in [0.4, 0.5) is 0 Å². The van der Waals surface area contributed by atoms with Crippen LogP contribution in [0.15, 0.2) is 30.5 Å². The summed E-state index contributed by atoms with van der Waals surface area (Å²) in [4.78, 5) is 35.0. The standard InChI is InChI=1S/C11H13N2O5P.3Li/c14-11(15)10(13-19(16,17)18)5-7-6-12-9-4-2-1-3-8(7)9;;;/h1-4,6,10,12H,5H2,(H,14,15)(H3,13,16,17,18);;;/q;3*+1/p-3/t10-;;;/m0.../s1. The number of aromatic nitrogens is 1. The van der Waals surface area contributed by atoms with Gasteiger partial charge in [0.2, 0.25) is 0 Å². The number of hydrogen-bond donors (Lipinski definition) is 2. The molecular formula is C11H10Li3N2O5P. The zero-order valence-corrected chi connectivity index (χ0v) is 13.6. The van der Waals surface area contributed by atoms with Gasteiger partial charge in [-0.15, -0.1) is 0 Å². The van der Waals surface area contributed by atoms with E-state index < -0.39 is 19.8 Å². The SMILES string of the molecule is O=C([O-])[C@H](Cc1c[nH]c2ccccc12)NP(=O)([O-])[O-].[Li+].[Li+].[Li+]. The molecule has 2 N–H and O–H groups in total. The van der Waals surface area contributed by atoms with Crippen LogP contribution < -0.4 is 76.6 Å². The number of carbonyl (C=O) groups is 1. The van der Waals surface area contributed by atoms with Gasteiger partial charge in [0.15, 0.2) is 0 Å². The average Bonchev–Trinajstić information content (AvgIpc) is 2.70. The second-order valence-corrected chi connectivity index (χ2v) is 5.31. The van der Waals surface area contributed by atoms with Crippen molar-refractivity contribution in [2.75, 3.05) is 0 Å². The van der Waals surface area contributed by atoms with Gasteiger partial charge in [-0.25, -0.2) is 0 Å². The molecule has 0 radical (unpaired) electrons. The fourth-order valence-electron chi connectivity index (χ4n) is 1.89. The Bertz CT molecular complexity index is 660. The zero-order chi connectivity index (χ0) is 14.0. The van der Waals surface area contributed by atoms with Crippen molar-refractivity contribution in [2.24, 2.45) is 0 Å². The number of carboxylic acids is 1. The van der Waals surface area contributed by atoms with Gasteiger partial charge in [0.1, 0.15) is 0 Å². The van der Waals surface area contributed by atoms with Crippen LogP contribution in [0.5, 0.6) is 0 Å². The zero-order valence-electron chi connectivity index (χ0n) is 12.7. The Morgan fingerprint density at radius 1 is 1.23 bits per heavy atom. The third-order valence-corrected chi connectivity index (χ3v) is 3.33. The molecule has 0 unspecified atom stereocenters. The molecule has 2 rings (SSSR count). The minimum absolute atomic E-state index is 0. The van der Waals surface area contributed by atoms with Crippen LogP contribution in [0.1, 0.15) is 5.56 Å². The second kappa shape index (κ2) is 10.1. The monoisotopic (exact) mass is 302 g/mol. The van der Waals surface area contributed by atoms with Gasteiger partial charge in [-0.1, -0.05) is 18.2 Å². The van der Waals surface area contributed by atoms with Gasteiger partial charge in [-0.3, -0.25) is 5.09 Å². The molecule has 0 fully saturated rings. The summed E-state index contributed by atoms with van der Waals surface area (Å²) in [5, 5.41) is 13.1. The number of nitrogens with one attached hydrogen (secondary N) is 2. The van der Waals surface area contributed by atoms with Crippen LogP contribution in [0.2, 0.25) is 0 Å². The molecule has 0 aliphatic rings. The largest absolute Gasteiger partial charge is 1.00 e. The first kappa shape index (κ1) is 24.4. The fourth-order valence-corrected chi connectivity index (χ4v) is 2.47. The number of rotatable bonds is 5. The van der Waals surface area contributed by atoms with Gasteiger partial charge in [-0.2, -0.15) is 0 Å². The first-order chi connectivity index (χ1) is 8.87. The number of benzene rings is 1.